The van der Waals surface area contributed by atoms with Gasteiger partial charge in [-0.05, 0) is 21.5 Å². The zero-order valence-electron chi connectivity index (χ0n) is 15.1. The highest BCUT2D eigenvalue weighted by Crippen LogP contribution is 2.17. The molecular formula is C22H14N2O4. The molecule has 28 heavy (non-hydrogen) atoms. The summed E-state index contributed by atoms with van der Waals surface area (Å²) >= 11 is 0. The Morgan fingerprint density at radius 3 is 1.18 bits per heavy atom. The van der Waals surface area contributed by atoms with Crippen LogP contribution in [0.5, 0.6) is 0 Å². The van der Waals surface area contributed by atoms with E-state index in [1.165, 1.54) is 14.2 Å². The first-order valence-corrected chi connectivity index (χ1v) is 8.23. The number of hydrogen-bond acceptors (Lipinski definition) is 6. The fourth-order valence-electron chi connectivity index (χ4n) is 3.28. The van der Waals surface area contributed by atoms with E-state index in [0.29, 0.717) is 32.0 Å². The van der Waals surface area contributed by atoms with E-state index in [9.17, 15) is 20.1 Å². The highest BCUT2D eigenvalue weighted by molar-refractivity contribution is 6.22. The van der Waals surface area contributed by atoms with Gasteiger partial charge in [0.25, 0.3) is 0 Å². The Morgan fingerprint density at radius 2 is 0.964 bits per heavy atom. The summed E-state index contributed by atoms with van der Waals surface area (Å²) in [5, 5.41) is 22.3. The molecule has 3 aromatic carbocycles. The van der Waals surface area contributed by atoms with E-state index in [1.807, 2.05) is 12.1 Å². The number of esters is 2. The SMILES string of the molecule is COC(=O)C(C#N)=c1c2ccccc2c(=C(C#N)C(=O)OC)c2ccccc12. The Kier molecular flexibility index (Phi) is 5.06. The van der Waals surface area contributed by atoms with Gasteiger partial charge in [0.2, 0.25) is 0 Å². The average molecular weight is 370 g/mol. The quantitative estimate of drug-likeness (QED) is 0.503. The lowest BCUT2D eigenvalue weighted by Crippen LogP contribution is -2.23. The monoisotopic (exact) mass is 370 g/mol. The van der Waals surface area contributed by atoms with Gasteiger partial charge >= 0.3 is 11.9 Å². The second-order valence-corrected chi connectivity index (χ2v) is 5.80. The minimum atomic E-state index is -0.761. The van der Waals surface area contributed by atoms with Gasteiger partial charge in [0, 0.05) is 10.4 Å². The molecule has 3 aromatic rings. The van der Waals surface area contributed by atoms with Crippen LogP contribution in [0, 0.1) is 22.7 Å². The van der Waals surface area contributed by atoms with Crippen molar-refractivity contribution in [3.8, 4) is 12.1 Å². The van der Waals surface area contributed by atoms with Gasteiger partial charge in [-0.1, -0.05) is 48.5 Å². The van der Waals surface area contributed by atoms with Crippen LogP contribution in [0.15, 0.2) is 48.5 Å². The second kappa shape index (κ2) is 7.61. The first-order chi connectivity index (χ1) is 13.6. The van der Waals surface area contributed by atoms with Gasteiger partial charge in [0.1, 0.15) is 23.3 Å². The van der Waals surface area contributed by atoms with Crippen LogP contribution in [-0.4, -0.2) is 26.2 Å². The normalized spacial score (nSPS) is 10.0. The van der Waals surface area contributed by atoms with E-state index < -0.39 is 11.9 Å². The molecular weight excluding hydrogens is 356 g/mol. The molecule has 0 aliphatic carbocycles. The number of nitrogens with zero attached hydrogens (tertiary/aromatic N) is 2. The third kappa shape index (κ3) is 2.84. The van der Waals surface area contributed by atoms with Crippen molar-refractivity contribution in [2.45, 2.75) is 0 Å². The lowest BCUT2D eigenvalue weighted by atomic mass is 9.93. The maximum atomic E-state index is 12.2. The molecule has 0 aromatic heterocycles. The van der Waals surface area contributed by atoms with Crippen molar-refractivity contribution < 1.29 is 19.1 Å². The van der Waals surface area contributed by atoms with Crippen molar-refractivity contribution in [2.24, 2.45) is 0 Å². The minimum Gasteiger partial charge on any atom is -0.465 e. The molecule has 0 bridgehead atoms. The third-order valence-electron chi connectivity index (χ3n) is 4.43. The molecule has 0 aliphatic heterocycles. The van der Waals surface area contributed by atoms with Gasteiger partial charge in [0.15, 0.2) is 0 Å². The number of benzene rings is 3. The molecule has 0 atom stereocenters. The molecule has 0 spiro atoms. The smallest absolute Gasteiger partial charge is 0.349 e. The van der Waals surface area contributed by atoms with E-state index in [4.69, 9.17) is 9.47 Å². The van der Waals surface area contributed by atoms with Crippen LogP contribution < -0.4 is 10.4 Å². The van der Waals surface area contributed by atoms with E-state index in [2.05, 4.69) is 0 Å². The highest BCUT2D eigenvalue weighted by Gasteiger charge is 2.19. The molecule has 0 unspecified atom stereocenters. The number of methoxy groups -OCH3 is 2. The van der Waals surface area contributed by atoms with Gasteiger partial charge in [-0.25, -0.2) is 9.59 Å². The summed E-state index contributed by atoms with van der Waals surface area (Å²) in [5.74, 6) is -1.52. The maximum Gasteiger partial charge on any atom is 0.349 e. The summed E-state index contributed by atoms with van der Waals surface area (Å²) < 4.78 is 9.56. The van der Waals surface area contributed by atoms with E-state index in [0.717, 1.165) is 0 Å². The molecule has 0 saturated carbocycles. The Hall–Kier alpha value is -4.16. The van der Waals surface area contributed by atoms with Gasteiger partial charge in [-0.3, -0.25) is 0 Å². The van der Waals surface area contributed by atoms with Crippen LogP contribution in [0.25, 0.3) is 32.7 Å². The van der Waals surface area contributed by atoms with Crippen molar-refractivity contribution in [2.75, 3.05) is 14.2 Å². The number of carbonyl (C=O) groups is 2. The molecule has 6 heteroatoms. The standard InChI is InChI=1S/C22H14N2O4/c1-27-21(25)17(11-23)19-13-7-3-5-9-15(13)20(18(12-24)22(26)28-2)16-10-6-4-8-14(16)19/h3-10H,1-2H3. The molecule has 0 amide bonds. The highest BCUT2D eigenvalue weighted by atomic mass is 16.5. The molecule has 0 fully saturated rings. The van der Waals surface area contributed by atoms with Crippen molar-refractivity contribution in [3.05, 3.63) is 59.0 Å². The lowest BCUT2D eigenvalue weighted by molar-refractivity contribution is -0.134. The number of hydrogen-bond donors (Lipinski definition) is 0. The summed E-state index contributed by atoms with van der Waals surface area (Å²) in [4.78, 5) is 24.5. The zero-order chi connectivity index (χ0) is 20.3. The Morgan fingerprint density at radius 1 is 0.679 bits per heavy atom. The van der Waals surface area contributed by atoms with Crippen LogP contribution >= 0.6 is 0 Å². The van der Waals surface area contributed by atoms with E-state index >= 15 is 0 Å². The maximum absolute atomic E-state index is 12.2. The summed E-state index contributed by atoms with van der Waals surface area (Å²) in [6.07, 6.45) is 0. The molecule has 0 aliphatic rings. The Bertz CT molecular complexity index is 1170. The molecule has 3 rings (SSSR count). The first-order valence-electron chi connectivity index (χ1n) is 8.23. The third-order valence-corrected chi connectivity index (χ3v) is 4.43. The lowest BCUT2D eigenvalue weighted by Gasteiger charge is -2.10. The number of nitriles is 2. The van der Waals surface area contributed by atoms with E-state index in [1.54, 1.807) is 48.5 Å². The number of fused-ring (bicyclic) bond motifs is 2. The first kappa shape index (κ1) is 18.6. The second-order valence-electron chi connectivity index (χ2n) is 5.80. The summed E-state index contributed by atoms with van der Waals surface area (Å²) in [7, 11) is 2.41. The summed E-state index contributed by atoms with van der Waals surface area (Å²) in [6.45, 7) is 0. The predicted molar refractivity (Wildman–Crippen MR) is 103 cm³/mol. The van der Waals surface area contributed by atoms with Crippen LogP contribution in [0.4, 0.5) is 0 Å². The summed E-state index contributed by atoms with van der Waals surface area (Å²) in [6, 6.07) is 17.8. The van der Waals surface area contributed by atoms with Crippen molar-refractivity contribution >= 4 is 44.6 Å². The molecule has 0 saturated heterocycles. The Balaban J connectivity index is 2.85. The molecule has 0 heterocycles. The van der Waals surface area contributed by atoms with Crippen LogP contribution in [0.3, 0.4) is 0 Å². The molecule has 6 nitrogen and oxygen atoms in total. The summed E-state index contributed by atoms with van der Waals surface area (Å²) in [5.41, 5.74) is -0.309. The van der Waals surface area contributed by atoms with Crippen molar-refractivity contribution in [1.82, 2.24) is 0 Å². The fraction of sp³-hybridized carbons (Fsp3) is 0.0909. The molecule has 0 N–H and O–H groups in total. The fourth-order valence-corrected chi connectivity index (χ4v) is 3.28. The minimum absolute atomic E-state index is 0.155. The Labute approximate surface area is 160 Å². The van der Waals surface area contributed by atoms with E-state index in [-0.39, 0.29) is 11.1 Å². The average Bonchev–Trinajstić information content (AvgIpc) is 2.75. The number of ether oxygens (including phenoxy) is 2. The van der Waals surface area contributed by atoms with Gasteiger partial charge in [-0.15, -0.1) is 0 Å². The number of rotatable bonds is 2. The predicted octanol–water partition coefficient (Wildman–Crippen LogP) is 1.69. The van der Waals surface area contributed by atoms with Gasteiger partial charge in [0.05, 0.1) is 14.2 Å². The van der Waals surface area contributed by atoms with Gasteiger partial charge < -0.3 is 9.47 Å². The van der Waals surface area contributed by atoms with Crippen molar-refractivity contribution in [3.63, 3.8) is 0 Å². The van der Waals surface area contributed by atoms with Gasteiger partial charge in [-0.2, -0.15) is 10.5 Å². The molecule has 136 valence electrons. The van der Waals surface area contributed by atoms with Crippen molar-refractivity contribution in [1.29, 1.82) is 10.5 Å². The zero-order valence-corrected chi connectivity index (χ0v) is 15.1. The van der Waals surface area contributed by atoms with Crippen LogP contribution in [-0.2, 0) is 19.1 Å². The van der Waals surface area contributed by atoms with Crippen LogP contribution in [0.1, 0.15) is 0 Å². The largest absolute Gasteiger partial charge is 0.465 e. The topological polar surface area (TPSA) is 100 Å². The van der Waals surface area contributed by atoms with Crippen LogP contribution in [0.2, 0.25) is 0 Å². The molecule has 0 radical (unpaired) electrons. The number of carbonyl (C=O) groups excluding carboxylic acids is 2.